The van der Waals surface area contributed by atoms with Gasteiger partial charge in [-0.15, -0.1) is 0 Å². The number of methoxy groups -OCH3 is 1. The van der Waals surface area contributed by atoms with Crippen molar-refractivity contribution in [3.8, 4) is 5.75 Å². The number of carbonyl (C=O) groups is 1. The standard InChI is InChI=1S/C15H20N2O3/c1-15(11-7-8-16-9-11)10-17(14(18)20-15)12-3-5-13(19-2)6-4-12/h3-6,11,16H,7-10H2,1-2H3. The van der Waals surface area contributed by atoms with Gasteiger partial charge < -0.3 is 14.8 Å². The summed E-state index contributed by atoms with van der Waals surface area (Å²) in [6.45, 7) is 4.55. The van der Waals surface area contributed by atoms with Crippen LogP contribution in [0.1, 0.15) is 13.3 Å². The van der Waals surface area contributed by atoms with E-state index in [2.05, 4.69) is 5.32 Å². The van der Waals surface area contributed by atoms with Crippen molar-refractivity contribution in [2.75, 3.05) is 31.6 Å². The van der Waals surface area contributed by atoms with E-state index in [9.17, 15) is 4.79 Å². The van der Waals surface area contributed by atoms with E-state index >= 15 is 0 Å². The Kier molecular flexibility index (Phi) is 3.30. The number of benzene rings is 1. The predicted octanol–water partition coefficient (Wildman–Crippen LogP) is 2.02. The zero-order valence-corrected chi connectivity index (χ0v) is 11.9. The lowest BCUT2D eigenvalue weighted by molar-refractivity contribution is 0.0287. The van der Waals surface area contributed by atoms with Crippen LogP contribution in [0.25, 0.3) is 0 Å². The van der Waals surface area contributed by atoms with Crippen LogP contribution in [-0.2, 0) is 4.74 Å². The molecule has 2 aliphatic rings. The number of amides is 1. The molecule has 0 aliphatic carbocycles. The highest BCUT2D eigenvalue weighted by Gasteiger charge is 2.48. The molecule has 0 saturated carbocycles. The van der Waals surface area contributed by atoms with Gasteiger partial charge in [-0.1, -0.05) is 0 Å². The molecule has 0 radical (unpaired) electrons. The topological polar surface area (TPSA) is 50.8 Å². The van der Waals surface area contributed by atoms with Gasteiger partial charge in [-0.05, 0) is 44.2 Å². The lowest BCUT2D eigenvalue weighted by atomic mass is 9.88. The summed E-state index contributed by atoms with van der Waals surface area (Å²) in [4.78, 5) is 13.9. The molecule has 2 heterocycles. The molecule has 0 spiro atoms. The van der Waals surface area contributed by atoms with Crippen LogP contribution in [0.15, 0.2) is 24.3 Å². The molecule has 3 rings (SSSR count). The molecule has 2 saturated heterocycles. The minimum absolute atomic E-state index is 0.260. The number of rotatable bonds is 3. The smallest absolute Gasteiger partial charge is 0.415 e. The number of carbonyl (C=O) groups excluding carboxylic acids is 1. The Labute approximate surface area is 118 Å². The SMILES string of the molecule is COc1ccc(N2CC(C)(C3CCNC3)OC2=O)cc1. The van der Waals surface area contributed by atoms with Crippen LogP contribution in [0.3, 0.4) is 0 Å². The van der Waals surface area contributed by atoms with Gasteiger partial charge in [-0.25, -0.2) is 4.79 Å². The molecule has 2 atom stereocenters. The van der Waals surface area contributed by atoms with Crippen LogP contribution in [-0.4, -0.2) is 38.4 Å². The molecule has 1 N–H and O–H groups in total. The molecule has 2 fully saturated rings. The van der Waals surface area contributed by atoms with Crippen LogP contribution in [0.5, 0.6) is 5.75 Å². The molecule has 1 aromatic rings. The molecular weight excluding hydrogens is 256 g/mol. The quantitative estimate of drug-likeness (QED) is 0.917. The van der Waals surface area contributed by atoms with Crippen LogP contribution in [0, 0.1) is 5.92 Å². The molecule has 1 amide bonds. The zero-order chi connectivity index (χ0) is 14.2. The van der Waals surface area contributed by atoms with E-state index in [1.165, 1.54) is 0 Å². The van der Waals surface area contributed by atoms with Crippen molar-refractivity contribution in [2.24, 2.45) is 5.92 Å². The number of hydrogen-bond acceptors (Lipinski definition) is 4. The van der Waals surface area contributed by atoms with Gasteiger partial charge in [0.2, 0.25) is 0 Å². The van der Waals surface area contributed by atoms with Crippen molar-refractivity contribution >= 4 is 11.8 Å². The number of cyclic esters (lactones) is 1. The highest BCUT2D eigenvalue weighted by Crippen LogP contribution is 2.36. The van der Waals surface area contributed by atoms with Crippen molar-refractivity contribution in [1.29, 1.82) is 0 Å². The Bertz CT molecular complexity index is 496. The van der Waals surface area contributed by atoms with Crippen LogP contribution in [0.2, 0.25) is 0 Å². The van der Waals surface area contributed by atoms with Crippen molar-refractivity contribution in [1.82, 2.24) is 5.32 Å². The molecular formula is C15H20N2O3. The third kappa shape index (κ3) is 2.22. The fourth-order valence-electron chi connectivity index (χ4n) is 3.01. The molecule has 2 aliphatic heterocycles. The Morgan fingerprint density at radius 1 is 1.40 bits per heavy atom. The van der Waals surface area contributed by atoms with Gasteiger partial charge in [0.05, 0.1) is 13.7 Å². The van der Waals surface area contributed by atoms with Crippen molar-refractivity contribution < 1.29 is 14.3 Å². The van der Waals surface area contributed by atoms with E-state index in [-0.39, 0.29) is 6.09 Å². The lowest BCUT2D eigenvalue weighted by Gasteiger charge is -2.28. The first kappa shape index (κ1) is 13.2. The Balaban J connectivity index is 1.78. The van der Waals surface area contributed by atoms with E-state index in [0.717, 1.165) is 30.9 Å². The predicted molar refractivity (Wildman–Crippen MR) is 76.2 cm³/mol. The van der Waals surface area contributed by atoms with Gasteiger partial charge in [0.15, 0.2) is 0 Å². The largest absolute Gasteiger partial charge is 0.497 e. The van der Waals surface area contributed by atoms with Crippen molar-refractivity contribution in [3.05, 3.63) is 24.3 Å². The highest BCUT2D eigenvalue weighted by atomic mass is 16.6. The maximum absolute atomic E-state index is 12.2. The molecule has 108 valence electrons. The summed E-state index contributed by atoms with van der Waals surface area (Å²) in [5.74, 6) is 1.17. The normalized spacial score (nSPS) is 29.6. The minimum atomic E-state index is -0.402. The molecule has 0 aromatic heterocycles. The summed E-state index contributed by atoms with van der Waals surface area (Å²) < 4.78 is 10.8. The summed E-state index contributed by atoms with van der Waals surface area (Å²) in [6, 6.07) is 7.49. The second-order valence-corrected chi connectivity index (χ2v) is 5.65. The van der Waals surface area contributed by atoms with Crippen molar-refractivity contribution in [3.63, 3.8) is 0 Å². The fraction of sp³-hybridized carbons (Fsp3) is 0.533. The number of anilines is 1. The first-order valence-corrected chi connectivity index (χ1v) is 6.98. The minimum Gasteiger partial charge on any atom is -0.497 e. The Morgan fingerprint density at radius 2 is 2.15 bits per heavy atom. The molecule has 0 bridgehead atoms. The number of ether oxygens (including phenoxy) is 2. The molecule has 20 heavy (non-hydrogen) atoms. The molecule has 1 aromatic carbocycles. The van der Waals surface area contributed by atoms with Crippen LogP contribution in [0.4, 0.5) is 10.5 Å². The first-order chi connectivity index (χ1) is 9.62. The van der Waals surface area contributed by atoms with Crippen molar-refractivity contribution in [2.45, 2.75) is 18.9 Å². The van der Waals surface area contributed by atoms with E-state index in [1.807, 2.05) is 31.2 Å². The maximum atomic E-state index is 12.2. The third-order valence-corrected chi connectivity index (χ3v) is 4.32. The molecule has 5 nitrogen and oxygen atoms in total. The van der Waals surface area contributed by atoms with E-state index < -0.39 is 5.60 Å². The van der Waals surface area contributed by atoms with Gasteiger partial charge in [0.1, 0.15) is 11.4 Å². The monoisotopic (exact) mass is 276 g/mol. The maximum Gasteiger partial charge on any atom is 0.415 e. The fourth-order valence-corrected chi connectivity index (χ4v) is 3.01. The summed E-state index contributed by atoms with van der Waals surface area (Å²) in [5, 5.41) is 3.33. The first-order valence-electron chi connectivity index (χ1n) is 6.98. The Morgan fingerprint density at radius 3 is 2.75 bits per heavy atom. The summed E-state index contributed by atoms with van der Waals surface area (Å²) in [7, 11) is 1.63. The van der Waals surface area contributed by atoms with Gasteiger partial charge in [-0.3, -0.25) is 4.90 Å². The average Bonchev–Trinajstić information content (AvgIpc) is 3.08. The second-order valence-electron chi connectivity index (χ2n) is 5.65. The van der Waals surface area contributed by atoms with Gasteiger partial charge in [0.25, 0.3) is 0 Å². The molecule has 5 heteroatoms. The number of nitrogens with one attached hydrogen (secondary N) is 1. The Hall–Kier alpha value is -1.75. The van der Waals surface area contributed by atoms with Gasteiger partial charge in [-0.2, -0.15) is 0 Å². The van der Waals surface area contributed by atoms with Gasteiger partial charge >= 0.3 is 6.09 Å². The summed E-state index contributed by atoms with van der Waals surface area (Å²) in [6.07, 6.45) is 0.796. The van der Waals surface area contributed by atoms with Crippen LogP contribution < -0.4 is 15.0 Å². The van der Waals surface area contributed by atoms with Crippen LogP contribution >= 0.6 is 0 Å². The zero-order valence-electron chi connectivity index (χ0n) is 11.9. The summed E-state index contributed by atoms with van der Waals surface area (Å²) >= 11 is 0. The van der Waals surface area contributed by atoms with E-state index in [0.29, 0.717) is 12.5 Å². The average molecular weight is 276 g/mol. The number of nitrogens with zero attached hydrogens (tertiary/aromatic N) is 1. The highest BCUT2D eigenvalue weighted by molar-refractivity contribution is 5.90. The summed E-state index contributed by atoms with van der Waals surface area (Å²) in [5.41, 5.74) is 0.450. The van der Waals surface area contributed by atoms with E-state index in [1.54, 1.807) is 12.0 Å². The van der Waals surface area contributed by atoms with E-state index in [4.69, 9.17) is 9.47 Å². The third-order valence-electron chi connectivity index (χ3n) is 4.32. The number of hydrogen-bond donors (Lipinski definition) is 1. The molecule has 2 unspecified atom stereocenters. The van der Waals surface area contributed by atoms with Gasteiger partial charge in [0, 0.05) is 18.2 Å². The second kappa shape index (κ2) is 4.98. The lowest BCUT2D eigenvalue weighted by Crippen LogP contribution is -2.40.